The van der Waals surface area contributed by atoms with Gasteiger partial charge >= 0.3 is 6.18 Å². The van der Waals surface area contributed by atoms with Crippen molar-refractivity contribution in [3.05, 3.63) is 81.2 Å². The number of nitrogens with one attached hydrogen (secondary N) is 1. The molecule has 1 aromatic carbocycles. The SMILES string of the molecule is Cc1ccc(CCCSc2ncccc2C(=O)NCc2cccs2)cc1C(F)(F)F. The fraction of sp³-hybridized carbons (Fsp3) is 0.273. The minimum atomic E-state index is -4.34. The molecule has 0 atom stereocenters. The van der Waals surface area contributed by atoms with Crippen LogP contribution in [-0.4, -0.2) is 16.6 Å². The first-order valence-electron chi connectivity index (χ1n) is 9.39. The molecule has 1 amide bonds. The second kappa shape index (κ2) is 10.1. The lowest BCUT2D eigenvalue weighted by molar-refractivity contribution is -0.138. The van der Waals surface area contributed by atoms with Gasteiger partial charge in [-0.25, -0.2) is 4.98 Å². The molecule has 0 fully saturated rings. The molecule has 0 aliphatic heterocycles. The summed E-state index contributed by atoms with van der Waals surface area (Å²) in [5.41, 5.74) is 0.812. The number of amides is 1. The zero-order valence-corrected chi connectivity index (χ0v) is 18.0. The smallest absolute Gasteiger partial charge is 0.347 e. The lowest BCUT2D eigenvalue weighted by Gasteiger charge is -2.12. The Labute approximate surface area is 181 Å². The Morgan fingerprint density at radius 2 is 2.03 bits per heavy atom. The van der Waals surface area contributed by atoms with Gasteiger partial charge in [0.25, 0.3) is 5.91 Å². The van der Waals surface area contributed by atoms with Crippen LogP contribution in [-0.2, 0) is 19.1 Å². The zero-order valence-electron chi connectivity index (χ0n) is 16.3. The number of aryl methyl sites for hydroxylation is 2. The molecule has 3 rings (SSSR count). The third kappa shape index (κ3) is 6.09. The molecule has 2 heterocycles. The van der Waals surface area contributed by atoms with Crippen LogP contribution in [0.2, 0.25) is 0 Å². The number of nitrogens with zero attached hydrogens (tertiary/aromatic N) is 1. The number of hydrogen-bond acceptors (Lipinski definition) is 4. The Kier molecular flexibility index (Phi) is 7.55. The number of rotatable bonds is 8. The number of hydrogen-bond donors (Lipinski definition) is 1. The highest BCUT2D eigenvalue weighted by Gasteiger charge is 2.32. The summed E-state index contributed by atoms with van der Waals surface area (Å²) in [6.07, 6.45) is -1.50. The number of benzene rings is 1. The molecule has 0 aliphatic rings. The van der Waals surface area contributed by atoms with Crippen molar-refractivity contribution in [1.82, 2.24) is 10.3 Å². The first-order chi connectivity index (χ1) is 14.3. The molecule has 0 radical (unpaired) electrons. The monoisotopic (exact) mass is 450 g/mol. The van der Waals surface area contributed by atoms with E-state index in [1.807, 2.05) is 17.5 Å². The molecule has 2 aromatic heterocycles. The van der Waals surface area contributed by atoms with Crippen LogP contribution in [0, 0.1) is 6.92 Å². The van der Waals surface area contributed by atoms with E-state index in [1.165, 1.54) is 30.8 Å². The molecule has 3 aromatic rings. The second-order valence-corrected chi connectivity index (χ2v) is 8.83. The first kappa shape index (κ1) is 22.4. The summed E-state index contributed by atoms with van der Waals surface area (Å²) in [5.74, 6) is 0.463. The summed E-state index contributed by atoms with van der Waals surface area (Å²) in [5, 5.41) is 5.48. The molecule has 3 nitrogen and oxygen atoms in total. The van der Waals surface area contributed by atoms with E-state index in [2.05, 4.69) is 10.3 Å². The van der Waals surface area contributed by atoms with Gasteiger partial charge in [0.15, 0.2) is 0 Å². The van der Waals surface area contributed by atoms with E-state index < -0.39 is 11.7 Å². The van der Waals surface area contributed by atoms with Crippen molar-refractivity contribution < 1.29 is 18.0 Å². The average Bonchev–Trinajstić information content (AvgIpc) is 3.23. The van der Waals surface area contributed by atoms with Gasteiger partial charge in [-0.3, -0.25) is 4.79 Å². The van der Waals surface area contributed by atoms with Crippen LogP contribution in [0.5, 0.6) is 0 Å². The van der Waals surface area contributed by atoms with Crippen LogP contribution >= 0.6 is 23.1 Å². The van der Waals surface area contributed by atoms with E-state index >= 15 is 0 Å². The molecule has 0 saturated heterocycles. The van der Waals surface area contributed by atoms with Crippen molar-refractivity contribution in [3.8, 4) is 0 Å². The second-order valence-electron chi connectivity index (χ2n) is 6.72. The van der Waals surface area contributed by atoms with Crippen LogP contribution in [0.15, 0.2) is 59.1 Å². The van der Waals surface area contributed by atoms with Gasteiger partial charge < -0.3 is 5.32 Å². The minimum absolute atomic E-state index is 0.188. The molecule has 0 saturated carbocycles. The molecular formula is C22H21F3N2OS2. The predicted octanol–water partition coefficient (Wildman–Crippen LogP) is 6.13. The van der Waals surface area contributed by atoms with Crippen LogP contribution < -0.4 is 5.32 Å². The van der Waals surface area contributed by atoms with E-state index in [0.29, 0.717) is 41.3 Å². The summed E-state index contributed by atoms with van der Waals surface area (Å²) in [7, 11) is 0. The number of carbonyl (C=O) groups excluding carboxylic acids is 1. The quantitative estimate of drug-likeness (QED) is 0.332. The van der Waals surface area contributed by atoms with Crippen molar-refractivity contribution in [3.63, 3.8) is 0 Å². The lowest BCUT2D eigenvalue weighted by Crippen LogP contribution is -2.23. The van der Waals surface area contributed by atoms with Crippen molar-refractivity contribution >= 4 is 29.0 Å². The fourth-order valence-corrected chi connectivity index (χ4v) is 4.51. The topological polar surface area (TPSA) is 42.0 Å². The molecule has 1 N–H and O–H groups in total. The van der Waals surface area contributed by atoms with Gasteiger partial charge in [-0.2, -0.15) is 13.2 Å². The Morgan fingerprint density at radius 3 is 2.77 bits per heavy atom. The van der Waals surface area contributed by atoms with E-state index in [1.54, 1.807) is 35.7 Å². The number of thiophene rings is 1. The highest BCUT2D eigenvalue weighted by Crippen LogP contribution is 2.32. The molecule has 0 aliphatic carbocycles. The third-order valence-electron chi connectivity index (χ3n) is 4.48. The van der Waals surface area contributed by atoms with Crippen LogP contribution in [0.25, 0.3) is 0 Å². The highest BCUT2D eigenvalue weighted by atomic mass is 32.2. The van der Waals surface area contributed by atoms with Gasteiger partial charge in [0, 0.05) is 11.1 Å². The molecule has 0 spiro atoms. The Bertz CT molecular complexity index is 988. The summed E-state index contributed by atoms with van der Waals surface area (Å²) in [6, 6.07) is 11.8. The fourth-order valence-electron chi connectivity index (χ4n) is 2.93. The number of halogens is 3. The van der Waals surface area contributed by atoms with Crippen molar-refractivity contribution in [2.75, 3.05) is 5.75 Å². The molecule has 8 heteroatoms. The van der Waals surface area contributed by atoms with E-state index in [-0.39, 0.29) is 11.5 Å². The number of carbonyl (C=O) groups is 1. The zero-order chi connectivity index (χ0) is 21.6. The van der Waals surface area contributed by atoms with Gasteiger partial charge in [-0.15, -0.1) is 23.1 Å². The van der Waals surface area contributed by atoms with Crippen molar-refractivity contribution in [2.24, 2.45) is 0 Å². The van der Waals surface area contributed by atoms with E-state index in [4.69, 9.17) is 0 Å². The standard InChI is InChI=1S/C22H21F3N2OS2/c1-15-8-9-16(13-19(15)22(23,24)25)5-3-12-30-21-18(7-2-10-26-21)20(28)27-14-17-6-4-11-29-17/h2,4,6-11,13H,3,5,12,14H2,1H3,(H,27,28). The number of thioether (sulfide) groups is 1. The lowest BCUT2D eigenvalue weighted by atomic mass is 10.0. The number of aromatic nitrogens is 1. The van der Waals surface area contributed by atoms with Crippen LogP contribution in [0.1, 0.15) is 38.3 Å². The summed E-state index contributed by atoms with van der Waals surface area (Å²) in [6.45, 7) is 1.93. The van der Waals surface area contributed by atoms with E-state index in [9.17, 15) is 18.0 Å². The van der Waals surface area contributed by atoms with Gasteiger partial charge in [0.2, 0.25) is 0 Å². The molecule has 0 unspecified atom stereocenters. The minimum Gasteiger partial charge on any atom is -0.347 e. The Hall–Kier alpha value is -2.32. The maximum absolute atomic E-state index is 13.1. The maximum Gasteiger partial charge on any atom is 0.416 e. The highest BCUT2D eigenvalue weighted by molar-refractivity contribution is 7.99. The van der Waals surface area contributed by atoms with Crippen molar-refractivity contribution in [1.29, 1.82) is 0 Å². The van der Waals surface area contributed by atoms with Gasteiger partial charge in [-0.05, 0) is 66.3 Å². The van der Waals surface area contributed by atoms with Gasteiger partial charge in [-0.1, -0.05) is 18.2 Å². The van der Waals surface area contributed by atoms with E-state index in [0.717, 1.165) is 4.88 Å². The summed E-state index contributed by atoms with van der Waals surface area (Å²) in [4.78, 5) is 17.9. The average molecular weight is 451 g/mol. The van der Waals surface area contributed by atoms with Crippen LogP contribution in [0.4, 0.5) is 13.2 Å². The summed E-state index contributed by atoms with van der Waals surface area (Å²) >= 11 is 3.02. The maximum atomic E-state index is 13.1. The summed E-state index contributed by atoms with van der Waals surface area (Å²) < 4.78 is 39.2. The van der Waals surface area contributed by atoms with Crippen molar-refractivity contribution in [2.45, 2.75) is 37.5 Å². The van der Waals surface area contributed by atoms with Crippen LogP contribution in [0.3, 0.4) is 0 Å². The van der Waals surface area contributed by atoms with Gasteiger partial charge in [0.05, 0.1) is 17.7 Å². The molecular weight excluding hydrogens is 429 g/mol. The number of pyridine rings is 1. The Morgan fingerprint density at radius 1 is 1.20 bits per heavy atom. The number of alkyl halides is 3. The third-order valence-corrected chi connectivity index (χ3v) is 6.44. The predicted molar refractivity (Wildman–Crippen MR) is 115 cm³/mol. The molecule has 158 valence electrons. The largest absolute Gasteiger partial charge is 0.416 e. The normalized spacial score (nSPS) is 11.5. The molecule has 0 bridgehead atoms. The first-order valence-corrected chi connectivity index (χ1v) is 11.3. The molecule has 30 heavy (non-hydrogen) atoms. The van der Waals surface area contributed by atoms with Gasteiger partial charge in [0.1, 0.15) is 5.03 Å². The Balaban J connectivity index is 1.55.